The van der Waals surface area contributed by atoms with Crippen molar-refractivity contribution in [2.45, 2.75) is 6.92 Å². The maximum Gasteiger partial charge on any atom is 0.0407 e. The number of alkyl halides is 1. The summed E-state index contributed by atoms with van der Waals surface area (Å²) >= 11 is 8.95. The highest BCUT2D eigenvalue weighted by Crippen LogP contribution is 2.16. The van der Waals surface area contributed by atoms with Gasteiger partial charge in [-0.3, -0.25) is 0 Å². The summed E-state index contributed by atoms with van der Waals surface area (Å²) in [6.45, 7) is 2.08. The molecule has 0 N–H and O–H groups in total. The molecule has 0 saturated carbocycles. The molecule has 0 aliphatic carbocycles. The van der Waals surface area contributed by atoms with Crippen LogP contribution in [0.25, 0.3) is 6.08 Å². The highest BCUT2D eigenvalue weighted by atomic mass is 79.9. The number of rotatable bonds is 2. The van der Waals surface area contributed by atoms with E-state index in [1.807, 2.05) is 18.2 Å². The first-order chi connectivity index (χ1) is 5.74. The van der Waals surface area contributed by atoms with E-state index in [1.165, 1.54) is 11.1 Å². The minimum atomic E-state index is 0.565. The molecule has 64 valence electrons. The van der Waals surface area contributed by atoms with E-state index in [-0.39, 0.29) is 0 Å². The Balaban J connectivity index is 2.94. The third kappa shape index (κ3) is 2.65. The van der Waals surface area contributed by atoms with Gasteiger partial charge in [-0.2, -0.15) is 0 Å². The van der Waals surface area contributed by atoms with E-state index in [0.717, 1.165) is 4.47 Å². The van der Waals surface area contributed by atoms with Gasteiger partial charge < -0.3 is 0 Å². The lowest BCUT2D eigenvalue weighted by atomic mass is 10.1. The Bertz CT molecular complexity index is 292. The maximum absolute atomic E-state index is 5.54. The average molecular weight is 246 g/mol. The molecular formula is C10H10BrCl. The Labute approximate surface area is 86.4 Å². The van der Waals surface area contributed by atoms with E-state index >= 15 is 0 Å². The van der Waals surface area contributed by atoms with Crippen LogP contribution >= 0.6 is 27.5 Å². The first-order valence-electron chi connectivity index (χ1n) is 3.72. The van der Waals surface area contributed by atoms with Crippen LogP contribution in [0.5, 0.6) is 0 Å². The molecule has 0 heterocycles. The van der Waals surface area contributed by atoms with Gasteiger partial charge in [0.2, 0.25) is 0 Å². The Morgan fingerprint density at radius 1 is 1.50 bits per heavy atom. The molecule has 0 unspecified atom stereocenters. The number of halogens is 2. The predicted molar refractivity (Wildman–Crippen MR) is 58.6 cm³/mol. The summed E-state index contributed by atoms with van der Waals surface area (Å²) in [4.78, 5) is 0. The lowest BCUT2D eigenvalue weighted by Crippen LogP contribution is -1.79. The molecule has 2 heteroatoms. The second-order valence-corrected chi connectivity index (χ2v) is 3.78. The normalized spacial score (nSPS) is 10.9. The van der Waals surface area contributed by atoms with Crippen LogP contribution in [0.2, 0.25) is 0 Å². The number of aryl methyl sites for hydroxylation is 1. The highest BCUT2D eigenvalue weighted by Gasteiger charge is 1.93. The van der Waals surface area contributed by atoms with Crippen molar-refractivity contribution in [3.8, 4) is 0 Å². The van der Waals surface area contributed by atoms with Crippen LogP contribution in [0.15, 0.2) is 28.7 Å². The van der Waals surface area contributed by atoms with Gasteiger partial charge in [-0.05, 0) is 30.2 Å². The summed E-state index contributed by atoms with van der Waals surface area (Å²) in [5.74, 6) is 0.565. The van der Waals surface area contributed by atoms with E-state index < -0.39 is 0 Å². The van der Waals surface area contributed by atoms with Gasteiger partial charge >= 0.3 is 0 Å². The van der Waals surface area contributed by atoms with Crippen LogP contribution in [0.1, 0.15) is 11.1 Å². The van der Waals surface area contributed by atoms with Crippen LogP contribution in [0.4, 0.5) is 0 Å². The van der Waals surface area contributed by atoms with Gasteiger partial charge in [0, 0.05) is 10.4 Å². The van der Waals surface area contributed by atoms with E-state index in [9.17, 15) is 0 Å². The van der Waals surface area contributed by atoms with Crippen molar-refractivity contribution >= 4 is 33.6 Å². The van der Waals surface area contributed by atoms with Crippen LogP contribution in [-0.4, -0.2) is 5.88 Å². The summed E-state index contributed by atoms with van der Waals surface area (Å²) in [5.41, 5.74) is 2.48. The summed E-state index contributed by atoms with van der Waals surface area (Å²) in [7, 11) is 0. The molecule has 0 nitrogen and oxygen atoms in total. The zero-order valence-corrected chi connectivity index (χ0v) is 9.19. The molecule has 0 aliphatic rings. The fraction of sp³-hybridized carbons (Fsp3) is 0.200. The predicted octanol–water partition coefficient (Wildman–Crippen LogP) is 4.01. The molecule has 12 heavy (non-hydrogen) atoms. The van der Waals surface area contributed by atoms with Crippen molar-refractivity contribution in [2.24, 2.45) is 0 Å². The van der Waals surface area contributed by atoms with Gasteiger partial charge in [0.15, 0.2) is 0 Å². The topological polar surface area (TPSA) is 0 Å². The Kier molecular flexibility index (Phi) is 3.83. The zero-order chi connectivity index (χ0) is 8.97. The van der Waals surface area contributed by atoms with Gasteiger partial charge in [0.1, 0.15) is 0 Å². The van der Waals surface area contributed by atoms with E-state index in [2.05, 4.69) is 35.0 Å². The molecule has 0 aromatic heterocycles. The van der Waals surface area contributed by atoms with Crippen LogP contribution < -0.4 is 0 Å². The molecule has 1 aromatic carbocycles. The summed E-state index contributed by atoms with van der Waals surface area (Å²) in [5, 5.41) is 0. The fourth-order valence-corrected chi connectivity index (χ4v) is 1.56. The highest BCUT2D eigenvalue weighted by molar-refractivity contribution is 9.10. The number of hydrogen-bond acceptors (Lipinski definition) is 0. The molecule has 0 atom stereocenters. The Hall–Kier alpha value is -0.270. The quantitative estimate of drug-likeness (QED) is 0.691. The third-order valence-corrected chi connectivity index (χ3v) is 2.29. The van der Waals surface area contributed by atoms with Crippen LogP contribution in [-0.2, 0) is 0 Å². The second kappa shape index (κ2) is 4.68. The largest absolute Gasteiger partial charge is 0.122 e. The van der Waals surface area contributed by atoms with Gasteiger partial charge in [-0.1, -0.05) is 34.1 Å². The maximum atomic E-state index is 5.54. The lowest BCUT2D eigenvalue weighted by Gasteiger charge is -1.99. The molecule has 0 fully saturated rings. The number of allylic oxidation sites excluding steroid dienone is 1. The van der Waals surface area contributed by atoms with Gasteiger partial charge in [-0.25, -0.2) is 0 Å². The molecular weight excluding hydrogens is 235 g/mol. The molecule has 0 aliphatic heterocycles. The van der Waals surface area contributed by atoms with Crippen LogP contribution in [0, 0.1) is 6.92 Å². The van der Waals surface area contributed by atoms with Crippen molar-refractivity contribution in [2.75, 3.05) is 5.88 Å². The Morgan fingerprint density at radius 2 is 2.25 bits per heavy atom. The molecule has 1 aromatic rings. The van der Waals surface area contributed by atoms with Crippen molar-refractivity contribution in [1.82, 2.24) is 0 Å². The van der Waals surface area contributed by atoms with Gasteiger partial charge in [-0.15, -0.1) is 11.6 Å². The van der Waals surface area contributed by atoms with Gasteiger partial charge in [0.05, 0.1) is 0 Å². The monoisotopic (exact) mass is 244 g/mol. The first kappa shape index (κ1) is 9.82. The average Bonchev–Trinajstić information content (AvgIpc) is 2.03. The Morgan fingerprint density at radius 3 is 2.83 bits per heavy atom. The molecule has 0 amide bonds. The van der Waals surface area contributed by atoms with Gasteiger partial charge in [0.25, 0.3) is 0 Å². The number of benzene rings is 1. The van der Waals surface area contributed by atoms with Crippen molar-refractivity contribution in [3.05, 3.63) is 39.9 Å². The minimum Gasteiger partial charge on any atom is -0.122 e. The first-order valence-corrected chi connectivity index (χ1v) is 5.05. The molecule has 0 saturated heterocycles. The number of hydrogen-bond donors (Lipinski definition) is 0. The second-order valence-electron chi connectivity index (χ2n) is 2.56. The third-order valence-electron chi connectivity index (χ3n) is 1.62. The summed E-state index contributed by atoms with van der Waals surface area (Å²) in [6, 6.07) is 6.19. The molecule has 0 spiro atoms. The van der Waals surface area contributed by atoms with Crippen molar-refractivity contribution < 1.29 is 0 Å². The minimum absolute atomic E-state index is 0.565. The SMILES string of the molecule is Cc1cc(Br)ccc1C=CCCl. The zero-order valence-electron chi connectivity index (χ0n) is 6.85. The van der Waals surface area contributed by atoms with E-state index in [0.29, 0.717) is 5.88 Å². The summed E-state index contributed by atoms with van der Waals surface area (Å²) < 4.78 is 1.11. The van der Waals surface area contributed by atoms with E-state index in [1.54, 1.807) is 0 Å². The molecule has 1 rings (SSSR count). The smallest absolute Gasteiger partial charge is 0.0407 e. The van der Waals surface area contributed by atoms with Crippen LogP contribution in [0.3, 0.4) is 0 Å². The summed E-state index contributed by atoms with van der Waals surface area (Å²) in [6.07, 6.45) is 3.98. The van der Waals surface area contributed by atoms with E-state index in [4.69, 9.17) is 11.6 Å². The molecule has 0 radical (unpaired) electrons. The standard InChI is InChI=1S/C10H10BrCl/c1-8-7-10(11)5-4-9(8)3-2-6-12/h2-5,7H,6H2,1H3. The fourth-order valence-electron chi connectivity index (χ4n) is 0.998. The molecule has 0 bridgehead atoms. The lowest BCUT2D eigenvalue weighted by molar-refractivity contribution is 1.42. The van der Waals surface area contributed by atoms with Crippen molar-refractivity contribution in [1.29, 1.82) is 0 Å². The van der Waals surface area contributed by atoms with Crippen molar-refractivity contribution in [3.63, 3.8) is 0 Å².